The molecule has 1 heterocycles. The quantitative estimate of drug-likeness (QED) is 0.665. The van der Waals surface area contributed by atoms with E-state index in [4.69, 9.17) is 0 Å². The highest BCUT2D eigenvalue weighted by molar-refractivity contribution is 4.71. The maximum atomic E-state index is 12.9. The highest BCUT2D eigenvalue weighted by Crippen LogP contribution is 2.18. The summed E-state index contributed by atoms with van der Waals surface area (Å²) in [7, 11) is 0. The Labute approximate surface area is 68.4 Å². The van der Waals surface area contributed by atoms with Crippen LogP contribution in [-0.4, -0.2) is 19.3 Å². The van der Waals surface area contributed by atoms with Crippen molar-refractivity contribution in [3.8, 4) is 0 Å². The second-order valence-electron chi connectivity index (χ2n) is 3.45. The summed E-state index contributed by atoms with van der Waals surface area (Å²) in [5.74, 6) is 0.596. The molecule has 0 radical (unpaired) electrons. The molecule has 0 spiro atoms. The molecule has 0 saturated carbocycles. The van der Waals surface area contributed by atoms with Gasteiger partial charge in [0.1, 0.15) is 6.17 Å². The lowest BCUT2D eigenvalue weighted by Gasteiger charge is -2.23. The molecule has 0 amide bonds. The zero-order chi connectivity index (χ0) is 8.10. The molecular weight excluding hydrogens is 141 g/mol. The van der Waals surface area contributed by atoms with Gasteiger partial charge in [0.05, 0.1) is 0 Å². The average Bonchev–Trinajstić information content (AvgIpc) is 2.06. The van der Waals surface area contributed by atoms with Gasteiger partial charge in [-0.2, -0.15) is 0 Å². The van der Waals surface area contributed by atoms with Gasteiger partial charge >= 0.3 is 0 Å². The molecule has 1 aliphatic heterocycles. The van der Waals surface area contributed by atoms with Crippen LogP contribution in [0.2, 0.25) is 0 Å². The summed E-state index contributed by atoms with van der Waals surface area (Å²) in [6.07, 6.45) is 3.31. The molecule has 0 aromatic carbocycles. The first-order valence-corrected chi connectivity index (χ1v) is 4.67. The highest BCUT2D eigenvalue weighted by Gasteiger charge is 2.16. The summed E-state index contributed by atoms with van der Waals surface area (Å²) in [6.45, 7) is 4.07. The number of rotatable bonds is 3. The molecule has 1 N–H and O–H groups in total. The molecule has 0 bridgehead atoms. The Morgan fingerprint density at radius 2 is 2.45 bits per heavy atom. The fraction of sp³-hybridized carbons (Fsp3) is 1.00. The third-order valence-corrected chi connectivity index (χ3v) is 2.43. The van der Waals surface area contributed by atoms with Gasteiger partial charge in [0, 0.05) is 0 Å². The van der Waals surface area contributed by atoms with Crippen LogP contribution in [0.3, 0.4) is 0 Å². The standard InChI is InChI=1S/C9H18FN/c1-2-9(10)6-8-4-3-5-11-7-8/h8-9,11H,2-7H2,1H3. The molecular formula is C9H18FN. The second kappa shape index (κ2) is 4.70. The van der Waals surface area contributed by atoms with Gasteiger partial charge in [-0.1, -0.05) is 6.92 Å². The van der Waals surface area contributed by atoms with Crippen LogP contribution >= 0.6 is 0 Å². The van der Waals surface area contributed by atoms with E-state index >= 15 is 0 Å². The Morgan fingerprint density at radius 1 is 1.64 bits per heavy atom. The average molecular weight is 159 g/mol. The summed E-state index contributed by atoms with van der Waals surface area (Å²) in [5, 5.41) is 3.30. The van der Waals surface area contributed by atoms with Crippen molar-refractivity contribution in [2.75, 3.05) is 13.1 Å². The molecule has 1 rings (SSSR count). The number of alkyl halides is 1. The van der Waals surface area contributed by atoms with Gasteiger partial charge in [0.2, 0.25) is 0 Å². The Kier molecular flexibility index (Phi) is 3.84. The molecule has 2 heteroatoms. The summed E-state index contributed by atoms with van der Waals surface area (Å²) < 4.78 is 12.9. The van der Waals surface area contributed by atoms with Gasteiger partial charge in [-0.05, 0) is 44.7 Å². The number of hydrogen-bond donors (Lipinski definition) is 1. The van der Waals surface area contributed by atoms with E-state index < -0.39 is 6.17 Å². The molecule has 1 saturated heterocycles. The van der Waals surface area contributed by atoms with Crippen molar-refractivity contribution in [3.63, 3.8) is 0 Å². The van der Waals surface area contributed by atoms with Crippen LogP contribution in [0.15, 0.2) is 0 Å². The summed E-state index contributed by atoms with van der Waals surface area (Å²) >= 11 is 0. The zero-order valence-electron chi connectivity index (χ0n) is 7.28. The van der Waals surface area contributed by atoms with Crippen molar-refractivity contribution >= 4 is 0 Å². The molecule has 1 aliphatic rings. The molecule has 1 fully saturated rings. The van der Waals surface area contributed by atoms with Gasteiger partial charge in [-0.3, -0.25) is 0 Å². The molecule has 1 nitrogen and oxygen atoms in total. The lowest BCUT2D eigenvalue weighted by Crippen LogP contribution is -2.31. The fourth-order valence-corrected chi connectivity index (χ4v) is 1.65. The topological polar surface area (TPSA) is 12.0 Å². The number of halogens is 1. The lowest BCUT2D eigenvalue weighted by molar-refractivity contribution is 0.234. The van der Waals surface area contributed by atoms with Crippen LogP contribution in [-0.2, 0) is 0 Å². The van der Waals surface area contributed by atoms with E-state index in [0.29, 0.717) is 12.3 Å². The zero-order valence-corrected chi connectivity index (χ0v) is 7.28. The minimum Gasteiger partial charge on any atom is -0.316 e. The minimum absolute atomic E-state index is 0.570. The molecule has 0 aromatic rings. The monoisotopic (exact) mass is 159 g/mol. The van der Waals surface area contributed by atoms with Crippen molar-refractivity contribution in [2.24, 2.45) is 5.92 Å². The maximum absolute atomic E-state index is 12.9. The van der Waals surface area contributed by atoms with Gasteiger partial charge in [0.15, 0.2) is 0 Å². The number of nitrogens with one attached hydrogen (secondary N) is 1. The molecule has 0 aliphatic carbocycles. The Hall–Kier alpha value is -0.110. The highest BCUT2D eigenvalue weighted by atomic mass is 19.1. The van der Waals surface area contributed by atoms with E-state index in [1.165, 1.54) is 12.8 Å². The molecule has 66 valence electrons. The Morgan fingerprint density at radius 3 is 3.00 bits per heavy atom. The third-order valence-electron chi connectivity index (χ3n) is 2.43. The SMILES string of the molecule is CCC(F)CC1CCCNC1. The Bertz CT molecular complexity index is 99.7. The number of piperidine rings is 1. The van der Waals surface area contributed by atoms with E-state index in [0.717, 1.165) is 19.5 Å². The first-order valence-electron chi connectivity index (χ1n) is 4.67. The minimum atomic E-state index is -0.570. The molecule has 11 heavy (non-hydrogen) atoms. The Balaban J connectivity index is 2.13. The van der Waals surface area contributed by atoms with E-state index in [2.05, 4.69) is 5.32 Å². The first-order chi connectivity index (χ1) is 5.33. The van der Waals surface area contributed by atoms with Gasteiger partial charge in [0.25, 0.3) is 0 Å². The predicted octanol–water partition coefficient (Wildman–Crippen LogP) is 2.12. The summed E-state index contributed by atoms with van der Waals surface area (Å²) in [4.78, 5) is 0. The van der Waals surface area contributed by atoms with Crippen LogP contribution in [0.5, 0.6) is 0 Å². The van der Waals surface area contributed by atoms with Crippen molar-refractivity contribution in [2.45, 2.75) is 38.8 Å². The lowest BCUT2D eigenvalue weighted by atomic mass is 9.93. The van der Waals surface area contributed by atoms with Crippen LogP contribution in [0, 0.1) is 5.92 Å². The van der Waals surface area contributed by atoms with E-state index in [-0.39, 0.29) is 0 Å². The van der Waals surface area contributed by atoms with Crippen LogP contribution < -0.4 is 5.32 Å². The van der Waals surface area contributed by atoms with Gasteiger partial charge in [-0.25, -0.2) is 4.39 Å². The van der Waals surface area contributed by atoms with Gasteiger partial charge in [-0.15, -0.1) is 0 Å². The third kappa shape index (κ3) is 3.19. The van der Waals surface area contributed by atoms with Crippen LogP contribution in [0.1, 0.15) is 32.6 Å². The second-order valence-corrected chi connectivity index (χ2v) is 3.45. The number of hydrogen-bond acceptors (Lipinski definition) is 1. The molecule has 2 atom stereocenters. The maximum Gasteiger partial charge on any atom is 0.100 e. The van der Waals surface area contributed by atoms with E-state index in [1.807, 2.05) is 6.92 Å². The van der Waals surface area contributed by atoms with Crippen molar-refractivity contribution in [3.05, 3.63) is 0 Å². The smallest absolute Gasteiger partial charge is 0.100 e. The first kappa shape index (κ1) is 8.98. The normalized spacial score (nSPS) is 28.4. The van der Waals surface area contributed by atoms with E-state index in [1.54, 1.807) is 0 Å². The molecule has 0 aromatic heterocycles. The predicted molar refractivity (Wildman–Crippen MR) is 45.4 cm³/mol. The van der Waals surface area contributed by atoms with Crippen molar-refractivity contribution < 1.29 is 4.39 Å². The van der Waals surface area contributed by atoms with Gasteiger partial charge < -0.3 is 5.32 Å². The van der Waals surface area contributed by atoms with Crippen molar-refractivity contribution in [1.29, 1.82) is 0 Å². The molecule has 2 unspecified atom stereocenters. The van der Waals surface area contributed by atoms with Crippen LogP contribution in [0.25, 0.3) is 0 Å². The summed E-state index contributed by atoms with van der Waals surface area (Å²) in [6, 6.07) is 0. The van der Waals surface area contributed by atoms with Crippen molar-refractivity contribution in [1.82, 2.24) is 5.32 Å². The van der Waals surface area contributed by atoms with Crippen LogP contribution in [0.4, 0.5) is 4.39 Å². The fourth-order valence-electron chi connectivity index (χ4n) is 1.65. The largest absolute Gasteiger partial charge is 0.316 e. The van der Waals surface area contributed by atoms with E-state index in [9.17, 15) is 4.39 Å². The summed E-state index contributed by atoms with van der Waals surface area (Å²) in [5.41, 5.74) is 0.